The van der Waals surface area contributed by atoms with Crippen LogP contribution in [0.5, 0.6) is 0 Å². The van der Waals surface area contributed by atoms with Crippen LogP contribution < -0.4 is 10.6 Å². The van der Waals surface area contributed by atoms with Crippen molar-refractivity contribution in [2.45, 2.75) is 18.7 Å². The Kier molecular flexibility index (Phi) is 5.93. The van der Waals surface area contributed by atoms with Gasteiger partial charge >= 0.3 is 0 Å². The molecule has 0 radical (unpaired) electrons. The SMILES string of the molecule is CCNC(=O)c1cccc(NC(=O)c2ccccc2S(=O)(=O)CC)c1. The Hall–Kier alpha value is -2.67. The quantitative estimate of drug-likeness (QED) is 0.828. The topological polar surface area (TPSA) is 92.3 Å². The molecule has 0 aliphatic rings. The van der Waals surface area contributed by atoms with Crippen molar-refractivity contribution >= 4 is 27.3 Å². The summed E-state index contributed by atoms with van der Waals surface area (Å²) in [5.41, 5.74) is 0.902. The molecule has 0 bridgehead atoms. The zero-order chi connectivity index (χ0) is 18.4. The Morgan fingerprint density at radius 2 is 1.68 bits per heavy atom. The van der Waals surface area contributed by atoms with Crippen LogP contribution in [-0.2, 0) is 9.84 Å². The van der Waals surface area contributed by atoms with Gasteiger partial charge in [-0.15, -0.1) is 0 Å². The van der Waals surface area contributed by atoms with Gasteiger partial charge in [0.2, 0.25) is 0 Å². The lowest BCUT2D eigenvalue weighted by molar-refractivity contribution is 0.0954. The van der Waals surface area contributed by atoms with Crippen LogP contribution in [0.4, 0.5) is 5.69 Å². The maximum Gasteiger partial charge on any atom is 0.256 e. The third kappa shape index (κ3) is 4.45. The number of amides is 2. The van der Waals surface area contributed by atoms with Gasteiger partial charge in [-0.05, 0) is 37.3 Å². The second kappa shape index (κ2) is 7.94. The molecule has 0 aliphatic carbocycles. The van der Waals surface area contributed by atoms with Crippen molar-refractivity contribution in [3.05, 3.63) is 59.7 Å². The smallest absolute Gasteiger partial charge is 0.256 e. The molecule has 0 atom stereocenters. The Morgan fingerprint density at radius 1 is 0.960 bits per heavy atom. The zero-order valence-corrected chi connectivity index (χ0v) is 14.9. The normalized spacial score (nSPS) is 11.0. The number of hydrogen-bond donors (Lipinski definition) is 2. The molecule has 0 saturated carbocycles. The average Bonchev–Trinajstić information content (AvgIpc) is 2.62. The van der Waals surface area contributed by atoms with Crippen LogP contribution in [0, 0.1) is 0 Å². The van der Waals surface area contributed by atoms with E-state index in [0.717, 1.165) is 0 Å². The van der Waals surface area contributed by atoms with Gasteiger partial charge in [0, 0.05) is 17.8 Å². The molecule has 25 heavy (non-hydrogen) atoms. The third-order valence-corrected chi connectivity index (χ3v) is 5.35. The van der Waals surface area contributed by atoms with Crippen LogP contribution in [0.3, 0.4) is 0 Å². The molecule has 2 N–H and O–H groups in total. The maximum atomic E-state index is 12.5. The molecule has 0 saturated heterocycles. The molecule has 2 aromatic carbocycles. The summed E-state index contributed by atoms with van der Waals surface area (Å²) >= 11 is 0. The number of rotatable bonds is 6. The van der Waals surface area contributed by atoms with Gasteiger partial charge in [0.15, 0.2) is 9.84 Å². The maximum absolute atomic E-state index is 12.5. The highest BCUT2D eigenvalue weighted by Crippen LogP contribution is 2.19. The minimum absolute atomic E-state index is 0.00474. The fourth-order valence-electron chi connectivity index (χ4n) is 2.28. The summed E-state index contributed by atoms with van der Waals surface area (Å²) in [5, 5.41) is 5.33. The molecule has 0 heterocycles. The van der Waals surface area contributed by atoms with E-state index in [2.05, 4.69) is 10.6 Å². The standard InChI is InChI=1S/C18H20N2O4S/c1-3-19-17(21)13-8-7-9-14(12-13)20-18(22)15-10-5-6-11-16(15)25(23,24)4-2/h5-12H,3-4H2,1-2H3,(H,19,21)(H,20,22). The third-order valence-electron chi connectivity index (χ3n) is 3.57. The van der Waals surface area contributed by atoms with Gasteiger partial charge < -0.3 is 10.6 Å². The molecule has 0 fully saturated rings. The Labute approximate surface area is 147 Å². The van der Waals surface area contributed by atoms with Crippen molar-refractivity contribution < 1.29 is 18.0 Å². The second-order valence-electron chi connectivity index (χ2n) is 5.29. The van der Waals surface area contributed by atoms with E-state index < -0.39 is 15.7 Å². The lowest BCUT2D eigenvalue weighted by Crippen LogP contribution is -2.23. The number of carbonyl (C=O) groups is 2. The van der Waals surface area contributed by atoms with Gasteiger partial charge in [-0.3, -0.25) is 9.59 Å². The van der Waals surface area contributed by atoms with Crippen LogP contribution in [-0.4, -0.2) is 32.5 Å². The summed E-state index contributed by atoms with van der Waals surface area (Å²) < 4.78 is 24.3. The van der Waals surface area contributed by atoms with E-state index in [9.17, 15) is 18.0 Å². The second-order valence-corrected chi connectivity index (χ2v) is 7.54. The van der Waals surface area contributed by atoms with E-state index in [4.69, 9.17) is 0 Å². The summed E-state index contributed by atoms with van der Waals surface area (Å²) in [6.45, 7) is 3.84. The number of sulfone groups is 1. The van der Waals surface area contributed by atoms with E-state index in [1.807, 2.05) is 6.92 Å². The van der Waals surface area contributed by atoms with Gasteiger partial charge in [-0.2, -0.15) is 0 Å². The number of nitrogens with one attached hydrogen (secondary N) is 2. The lowest BCUT2D eigenvalue weighted by atomic mass is 10.1. The van der Waals surface area contributed by atoms with E-state index >= 15 is 0 Å². The predicted octanol–water partition coefficient (Wildman–Crippen LogP) is 2.48. The molecule has 2 amide bonds. The van der Waals surface area contributed by atoms with Gasteiger partial charge in [-0.1, -0.05) is 25.1 Å². The molecule has 2 aromatic rings. The van der Waals surface area contributed by atoms with Gasteiger partial charge in [0.05, 0.1) is 16.2 Å². The fraction of sp³-hybridized carbons (Fsp3) is 0.222. The molecular formula is C18H20N2O4S. The first-order valence-electron chi connectivity index (χ1n) is 7.90. The van der Waals surface area contributed by atoms with E-state index in [-0.39, 0.29) is 22.1 Å². The average molecular weight is 360 g/mol. The van der Waals surface area contributed by atoms with Gasteiger partial charge in [0.25, 0.3) is 11.8 Å². The molecular weight excluding hydrogens is 340 g/mol. The van der Waals surface area contributed by atoms with Gasteiger partial charge in [0.1, 0.15) is 0 Å². The summed E-state index contributed by atoms with van der Waals surface area (Å²) in [4.78, 5) is 24.4. The van der Waals surface area contributed by atoms with Crippen molar-refractivity contribution in [1.82, 2.24) is 5.32 Å². The molecule has 2 rings (SSSR count). The Balaban J connectivity index is 2.30. The van der Waals surface area contributed by atoms with E-state index in [1.54, 1.807) is 36.4 Å². The largest absolute Gasteiger partial charge is 0.352 e. The highest BCUT2D eigenvalue weighted by Gasteiger charge is 2.20. The molecule has 0 aliphatic heterocycles. The van der Waals surface area contributed by atoms with Crippen LogP contribution in [0.2, 0.25) is 0 Å². The number of hydrogen-bond acceptors (Lipinski definition) is 4. The zero-order valence-electron chi connectivity index (χ0n) is 14.1. The highest BCUT2D eigenvalue weighted by atomic mass is 32.2. The molecule has 7 heteroatoms. The molecule has 0 aromatic heterocycles. The Bertz CT molecular complexity index is 891. The van der Waals surface area contributed by atoms with Crippen molar-refractivity contribution in [3.63, 3.8) is 0 Å². The molecule has 0 spiro atoms. The Morgan fingerprint density at radius 3 is 2.36 bits per heavy atom. The van der Waals surface area contributed by atoms with Crippen molar-refractivity contribution in [3.8, 4) is 0 Å². The predicted molar refractivity (Wildman–Crippen MR) is 96.6 cm³/mol. The minimum Gasteiger partial charge on any atom is -0.352 e. The first kappa shape index (κ1) is 18.7. The molecule has 0 unspecified atom stereocenters. The number of carbonyl (C=O) groups excluding carboxylic acids is 2. The van der Waals surface area contributed by atoms with E-state index in [1.165, 1.54) is 19.1 Å². The van der Waals surface area contributed by atoms with E-state index in [0.29, 0.717) is 17.8 Å². The van der Waals surface area contributed by atoms with Crippen molar-refractivity contribution in [2.75, 3.05) is 17.6 Å². The van der Waals surface area contributed by atoms with Crippen LogP contribution >= 0.6 is 0 Å². The summed E-state index contributed by atoms with van der Waals surface area (Å²) in [6.07, 6.45) is 0. The van der Waals surface area contributed by atoms with Crippen molar-refractivity contribution in [1.29, 1.82) is 0 Å². The molecule has 132 valence electrons. The monoisotopic (exact) mass is 360 g/mol. The van der Waals surface area contributed by atoms with Crippen LogP contribution in [0.25, 0.3) is 0 Å². The lowest BCUT2D eigenvalue weighted by Gasteiger charge is -2.11. The summed E-state index contributed by atoms with van der Waals surface area (Å²) in [7, 11) is -3.52. The minimum atomic E-state index is -3.52. The number of benzene rings is 2. The highest BCUT2D eigenvalue weighted by molar-refractivity contribution is 7.91. The first-order valence-corrected chi connectivity index (χ1v) is 9.55. The van der Waals surface area contributed by atoms with Gasteiger partial charge in [-0.25, -0.2) is 8.42 Å². The number of anilines is 1. The summed E-state index contributed by atoms with van der Waals surface area (Å²) in [5.74, 6) is -0.877. The first-order chi connectivity index (χ1) is 11.9. The van der Waals surface area contributed by atoms with Crippen LogP contribution in [0.15, 0.2) is 53.4 Å². The van der Waals surface area contributed by atoms with Crippen molar-refractivity contribution in [2.24, 2.45) is 0 Å². The fourth-order valence-corrected chi connectivity index (χ4v) is 3.37. The van der Waals surface area contributed by atoms with Crippen LogP contribution in [0.1, 0.15) is 34.6 Å². The molecule has 6 nitrogen and oxygen atoms in total. The summed E-state index contributed by atoms with van der Waals surface area (Å²) in [6, 6.07) is 12.5.